The molecule has 0 aromatic heterocycles. The number of hydrogen-bond donors (Lipinski definition) is 1. The van der Waals surface area contributed by atoms with Crippen molar-refractivity contribution in [2.75, 3.05) is 30.0 Å². The van der Waals surface area contributed by atoms with Crippen LogP contribution >= 0.6 is 0 Å². The molecule has 2 aromatic rings. The maximum Gasteiger partial charge on any atom is 0.308 e. The second-order valence-electron chi connectivity index (χ2n) is 6.13. The van der Waals surface area contributed by atoms with Gasteiger partial charge in [-0.1, -0.05) is 24.3 Å². The Morgan fingerprint density at radius 2 is 2.00 bits per heavy atom. The fourth-order valence-corrected chi connectivity index (χ4v) is 2.74. The Kier molecular flexibility index (Phi) is 5.71. The molecule has 0 atom stereocenters. The first-order chi connectivity index (χ1) is 13.0. The Balaban J connectivity index is 1.47. The van der Waals surface area contributed by atoms with Gasteiger partial charge in [-0.05, 0) is 36.8 Å². The summed E-state index contributed by atoms with van der Waals surface area (Å²) < 4.78 is 10.4. The van der Waals surface area contributed by atoms with E-state index in [9.17, 15) is 14.4 Å². The number of rotatable bonds is 6. The molecule has 2 aromatic carbocycles. The normalized spacial score (nSPS) is 12.8. The van der Waals surface area contributed by atoms with Crippen molar-refractivity contribution in [1.29, 1.82) is 0 Å². The van der Waals surface area contributed by atoms with Gasteiger partial charge in [0.15, 0.2) is 13.2 Å². The van der Waals surface area contributed by atoms with Crippen molar-refractivity contribution in [1.82, 2.24) is 0 Å². The number of carbonyl (C=O) groups is 3. The highest BCUT2D eigenvalue weighted by atomic mass is 16.5. The maximum absolute atomic E-state index is 12.1. The number of nitrogens with zero attached hydrogens (tertiary/aromatic N) is 1. The number of ether oxygens (including phenoxy) is 2. The minimum atomic E-state index is -0.550. The van der Waals surface area contributed by atoms with Gasteiger partial charge in [-0.25, -0.2) is 0 Å². The summed E-state index contributed by atoms with van der Waals surface area (Å²) in [6.45, 7) is 1.64. The lowest BCUT2D eigenvalue weighted by molar-refractivity contribution is -0.147. The standard InChI is InChI=1S/C20H20N2O5/c1-14-5-4-6-15(11-14)21-18(23)12-27-20(25)9-10-22-16-7-2-3-8-17(16)26-13-19(22)24/h2-8,11H,9-10,12-13H2,1H3,(H,21,23). The Morgan fingerprint density at radius 1 is 1.19 bits per heavy atom. The van der Waals surface area contributed by atoms with Gasteiger partial charge in [0.05, 0.1) is 12.1 Å². The van der Waals surface area contributed by atoms with E-state index in [1.165, 1.54) is 4.90 Å². The van der Waals surface area contributed by atoms with E-state index in [0.29, 0.717) is 17.1 Å². The molecule has 0 unspecified atom stereocenters. The van der Waals surface area contributed by atoms with E-state index in [1.807, 2.05) is 31.2 Å². The maximum atomic E-state index is 12.1. The second kappa shape index (κ2) is 8.35. The Morgan fingerprint density at radius 3 is 2.81 bits per heavy atom. The largest absolute Gasteiger partial charge is 0.482 e. The number of para-hydroxylation sites is 2. The molecule has 0 saturated heterocycles. The summed E-state index contributed by atoms with van der Waals surface area (Å²) in [5.41, 5.74) is 2.28. The highest BCUT2D eigenvalue weighted by Crippen LogP contribution is 2.31. The molecule has 27 heavy (non-hydrogen) atoms. The first-order valence-corrected chi connectivity index (χ1v) is 8.57. The number of carbonyl (C=O) groups excluding carboxylic acids is 3. The molecule has 1 heterocycles. The first-order valence-electron chi connectivity index (χ1n) is 8.57. The van der Waals surface area contributed by atoms with E-state index < -0.39 is 11.9 Å². The molecular formula is C20H20N2O5. The zero-order valence-electron chi connectivity index (χ0n) is 14.9. The quantitative estimate of drug-likeness (QED) is 0.791. The van der Waals surface area contributed by atoms with Crippen molar-refractivity contribution in [2.45, 2.75) is 13.3 Å². The highest BCUT2D eigenvalue weighted by molar-refractivity contribution is 5.98. The van der Waals surface area contributed by atoms with Gasteiger partial charge in [-0.2, -0.15) is 0 Å². The summed E-state index contributed by atoms with van der Waals surface area (Å²) >= 11 is 0. The van der Waals surface area contributed by atoms with Crippen LogP contribution in [-0.4, -0.2) is 37.5 Å². The fraction of sp³-hybridized carbons (Fsp3) is 0.250. The molecule has 7 nitrogen and oxygen atoms in total. The third kappa shape index (κ3) is 4.84. The Labute approximate surface area is 156 Å². The van der Waals surface area contributed by atoms with Gasteiger partial charge >= 0.3 is 5.97 Å². The fourth-order valence-electron chi connectivity index (χ4n) is 2.74. The zero-order chi connectivity index (χ0) is 19.2. The van der Waals surface area contributed by atoms with E-state index in [1.54, 1.807) is 24.3 Å². The highest BCUT2D eigenvalue weighted by Gasteiger charge is 2.25. The van der Waals surface area contributed by atoms with Gasteiger partial charge in [0, 0.05) is 12.2 Å². The van der Waals surface area contributed by atoms with Crippen molar-refractivity contribution in [3.05, 3.63) is 54.1 Å². The zero-order valence-corrected chi connectivity index (χ0v) is 14.9. The number of anilines is 2. The van der Waals surface area contributed by atoms with Crippen LogP contribution < -0.4 is 15.0 Å². The molecular weight excluding hydrogens is 348 g/mol. The van der Waals surface area contributed by atoms with Crippen LogP contribution in [0.3, 0.4) is 0 Å². The summed E-state index contributed by atoms with van der Waals surface area (Å²) in [4.78, 5) is 37.4. The van der Waals surface area contributed by atoms with Gasteiger partial charge in [-0.3, -0.25) is 14.4 Å². The van der Waals surface area contributed by atoms with Gasteiger partial charge in [-0.15, -0.1) is 0 Å². The predicted molar refractivity (Wildman–Crippen MR) is 99.7 cm³/mol. The van der Waals surface area contributed by atoms with Crippen molar-refractivity contribution in [2.24, 2.45) is 0 Å². The molecule has 7 heteroatoms. The van der Waals surface area contributed by atoms with Crippen LogP contribution in [-0.2, 0) is 19.1 Å². The van der Waals surface area contributed by atoms with Crippen LogP contribution in [0.1, 0.15) is 12.0 Å². The second-order valence-corrected chi connectivity index (χ2v) is 6.13. The van der Waals surface area contributed by atoms with Crippen molar-refractivity contribution >= 4 is 29.2 Å². The molecule has 140 valence electrons. The van der Waals surface area contributed by atoms with Crippen LogP contribution in [0.2, 0.25) is 0 Å². The first kappa shape index (κ1) is 18.4. The number of hydrogen-bond acceptors (Lipinski definition) is 5. The van der Waals surface area contributed by atoms with Crippen molar-refractivity contribution in [3.63, 3.8) is 0 Å². The smallest absolute Gasteiger partial charge is 0.308 e. The summed E-state index contributed by atoms with van der Waals surface area (Å²) in [5.74, 6) is -0.588. The van der Waals surface area contributed by atoms with E-state index in [-0.39, 0.29) is 32.1 Å². The van der Waals surface area contributed by atoms with Gasteiger partial charge in [0.1, 0.15) is 5.75 Å². The topological polar surface area (TPSA) is 84.9 Å². The molecule has 1 aliphatic rings. The van der Waals surface area contributed by atoms with Crippen LogP contribution in [0.4, 0.5) is 11.4 Å². The third-order valence-corrected chi connectivity index (χ3v) is 4.01. The third-order valence-electron chi connectivity index (χ3n) is 4.01. The molecule has 0 fully saturated rings. The van der Waals surface area contributed by atoms with Crippen molar-refractivity contribution < 1.29 is 23.9 Å². The summed E-state index contributed by atoms with van der Waals surface area (Å²) in [5, 5.41) is 2.67. The van der Waals surface area contributed by atoms with Gasteiger partial charge < -0.3 is 19.7 Å². The number of nitrogens with one attached hydrogen (secondary N) is 1. The minimum absolute atomic E-state index is 0.0161. The lowest BCUT2D eigenvalue weighted by Gasteiger charge is -2.28. The van der Waals surface area contributed by atoms with E-state index in [4.69, 9.17) is 9.47 Å². The number of aryl methyl sites for hydroxylation is 1. The van der Waals surface area contributed by atoms with Crippen LogP contribution in [0.25, 0.3) is 0 Å². The van der Waals surface area contributed by atoms with Crippen LogP contribution in [0.15, 0.2) is 48.5 Å². The number of esters is 1. The Bertz CT molecular complexity index is 865. The molecule has 0 bridgehead atoms. The van der Waals surface area contributed by atoms with Gasteiger partial charge in [0.2, 0.25) is 0 Å². The summed E-state index contributed by atoms with van der Waals surface area (Å²) in [6.07, 6.45) is -0.0161. The average molecular weight is 368 g/mol. The monoisotopic (exact) mass is 368 g/mol. The molecule has 0 aliphatic carbocycles. The molecule has 0 saturated carbocycles. The van der Waals surface area contributed by atoms with Crippen LogP contribution in [0.5, 0.6) is 5.75 Å². The number of fused-ring (bicyclic) bond motifs is 1. The average Bonchev–Trinajstić information content (AvgIpc) is 2.65. The molecule has 1 aliphatic heterocycles. The summed E-state index contributed by atoms with van der Waals surface area (Å²) in [6, 6.07) is 14.5. The van der Waals surface area contributed by atoms with E-state index in [0.717, 1.165) is 5.56 Å². The van der Waals surface area contributed by atoms with E-state index >= 15 is 0 Å². The van der Waals surface area contributed by atoms with Gasteiger partial charge in [0.25, 0.3) is 11.8 Å². The molecule has 2 amide bonds. The molecule has 0 radical (unpaired) electrons. The van der Waals surface area contributed by atoms with Crippen LogP contribution in [0, 0.1) is 6.92 Å². The molecule has 3 rings (SSSR count). The molecule has 0 spiro atoms. The number of benzene rings is 2. The summed E-state index contributed by atoms with van der Waals surface area (Å²) in [7, 11) is 0. The SMILES string of the molecule is Cc1cccc(NC(=O)COC(=O)CCN2C(=O)COc3ccccc32)c1. The number of amides is 2. The minimum Gasteiger partial charge on any atom is -0.482 e. The van der Waals surface area contributed by atoms with Crippen molar-refractivity contribution in [3.8, 4) is 5.75 Å². The predicted octanol–water partition coefficient (Wildman–Crippen LogP) is 2.29. The lowest BCUT2D eigenvalue weighted by atomic mass is 10.2. The molecule has 1 N–H and O–H groups in total. The Hall–Kier alpha value is -3.35. The van der Waals surface area contributed by atoms with E-state index in [2.05, 4.69) is 5.32 Å². The lowest BCUT2D eigenvalue weighted by Crippen LogP contribution is -2.40.